The lowest BCUT2D eigenvalue weighted by Gasteiger charge is -2.12. The molecule has 1 aromatic carbocycles. The molecule has 0 aliphatic carbocycles. The van der Waals surface area contributed by atoms with Crippen LogP contribution in [0.3, 0.4) is 0 Å². The maximum atomic E-state index is 10.0. The molecule has 18 heavy (non-hydrogen) atoms. The van der Waals surface area contributed by atoms with Crippen LogP contribution in [0.25, 0.3) is 0 Å². The van der Waals surface area contributed by atoms with Crippen LogP contribution in [0.5, 0.6) is 11.5 Å². The molecule has 1 aromatic heterocycles. The van der Waals surface area contributed by atoms with Crippen LogP contribution in [-0.2, 0) is 6.42 Å². The predicted molar refractivity (Wildman–Crippen MR) is 66.9 cm³/mol. The van der Waals surface area contributed by atoms with Gasteiger partial charge in [0.25, 0.3) is 0 Å². The first-order valence-corrected chi connectivity index (χ1v) is 5.65. The zero-order chi connectivity index (χ0) is 13.0. The van der Waals surface area contributed by atoms with E-state index in [-0.39, 0.29) is 0 Å². The molecule has 0 saturated heterocycles. The highest BCUT2D eigenvalue weighted by atomic mass is 16.5. The third kappa shape index (κ3) is 2.65. The second kappa shape index (κ2) is 5.60. The highest BCUT2D eigenvalue weighted by Gasteiger charge is 2.12. The van der Waals surface area contributed by atoms with Gasteiger partial charge in [-0.15, -0.1) is 0 Å². The lowest BCUT2D eigenvalue weighted by Crippen LogP contribution is -2.01. The van der Waals surface area contributed by atoms with E-state index in [0.29, 0.717) is 17.9 Å². The number of hydrogen-bond acceptors (Lipinski definition) is 4. The summed E-state index contributed by atoms with van der Waals surface area (Å²) < 4.78 is 15.3. The third-order valence-corrected chi connectivity index (χ3v) is 2.80. The van der Waals surface area contributed by atoms with Gasteiger partial charge in [0.1, 0.15) is 0 Å². The normalized spacial score (nSPS) is 12.2. The molecule has 0 bridgehead atoms. The van der Waals surface area contributed by atoms with Gasteiger partial charge < -0.3 is 19.0 Å². The third-order valence-electron chi connectivity index (χ3n) is 2.80. The second-order valence-electron chi connectivity index (χ2n) is 3.97. The van der Waals surface area contributed by atoms with Crippen molar-refractivity contribution in [3.63, 3.8) is 0 Å². The summed E-state index contributed by atoms with van der Waals surface area (Å²) in [4.78, 5) is 0. The van der Waals surface area contributed by atoms with Crippen LogP contribution < -0.4 is 9.47 Å². The van der Waals surface area contributed by atoms with Gasteiger partial charge in [-0.25, -0.2) is 0 Å². The number of hydrogen-bond donors (Lipinski definition) is 1. The molecule has 4 heteroatoms. The Morgan fingerprint density at radius 2 is 1.94 bits per heavy atom. The first kappa shape index (κ1) is 12.5. The van der Waals surface area contributed by atoms with Crippen molar-refractivity contribution in [3.8, 4) is 11.5 Å². The monoisotopic (exact) mass is 248 g/mol. The molecule has 96 valence electrons. The van der Waals surface area contributed by atoms with Crippen LogP contribution >= 0.6 is 0 Å². The fraction of sp³-hybridized carbons (Fsp3) is 0.286. The molecule has 0 amide bonds. The molecule has 1 atom stereocenters. The summed E-state index contributed by atoms with van der Waals surface area (Å²) in [7, 11) is 3.19. The average molecular weight is 248 g/mol. The molecule has 2 rings (SSSR count). The summed E-state index contributed by atoms with van der Waals surface area (Å²) in [6.07, 6.45) is 3.01. The predicted octanol–water partition coefficient (Wildman–Crippen LogP) is 2.57. The largest absolute Gasteiger partial charge is 0.493 e. The van der Waals surface area contributed by atoms with Crippen LogP contribution in [0.2, 0.25) is 0 Å². The first-order valence-electron chi connectivity index (χ1n) is 5.65. The number of ether oxygens (including phenoxy) is 2. The number of furan rings is 1. The van der Waals surface area contributed by atoms with Crippen molar-refractivity contribution < 1.29 is 19.0 Å². The van der Waals surface area contributed by atoms with Gasteiger partial charge in [0, 0.05) is 12.0 Å². The van der Waals surface area contributed by atoms with Gasteiger partial charge >= 0.3 is 0 Å². The molecule has 0 aliphatic heterocycles. The molecule has 0 saturated carbocycles. The van der Waals surface area contributed by atoms with Crippen molar-refractivity contribution in [1.82, 2.24) is 0 Å². The first-order chi connectivity index (χ1) is 8.74. The van der Waals surface area contributed by atoms with E-state index in [1.165, 1.54) is 0 Å². The topological polar surface area (TPSA) is 51.8 Å². The van der Waals surface area contributed by atoms with Crippen molar-refractivity contribution in [2.24, 2.45) is 0 Å². The van der Waals surface area contributed by atoms with E-state index >= 15 is 0 Å². The van der Waals surface area contributed by atoms with Crippen molar-refractivity contribution in [3.05, 3.63) is 47.9 Å². The summed E-state index contributed by atoms with van der Waals surface area (Å²) in [5.41, 5.74) is 1.74. The van der Waals surface area contributed by atoms with Crippen molar-refractivity contribution in [2.45, 2.75) is 12.5 Å². The lowest BCUT2D eigenvalue weighted by molar-refractivity contribution is 0.177. The van der Waals surface area contributed by atoms with Gasteiger partial charge in [-0.1, -0.05) is 6.07 Å². The molecule has 0 radical (unpaired) electrons. The molecule has 4 nitrogen and oxygen atoms in total. The Morgan fingerprint density at radius 1 is 1.17 bits per heavy atom. The fourth-order valence-corrected chi connectivity index (χ4v) is 1.81. The number of aliphatic hydroxyl groups is 1. The van der Waals surface area contributed by atoms with E-state index in [1.807, 2.05) is 18.2 Å². The molecule has 1 N–H and O–H groups in total. The molecular formula is C14H16O4. The molecule has 1 heterocycles. The minimum absolute atomic E-state index is 0.500. The summed E-state index contributed by atoms with van der Waals surface area (Å²) in [6.45, 7) is 0. The van der Waals surface area contributed by atoms with Gasteiger partial charge in [-0.3, -0.25) is 0 Å². The second-order valence-corrected chi connectivity index (χ2v) is 3.97. The van der Waals surface area contributed by atoms with Gasteiger partial charge in [-0.2, -0.15) is 0 Å². The fourth-order valence-electron chi connectivity index (χ4n) is 1.81. The van der Waals surface area contributed by atoms with E-state index in [4.69, 9.17) is 13.9 Å². The Bertz CT molecular complexity index is 491. The molecule has 2 aromatic rings. The van der Waals surface area contributed by atoms with Gasteiger partial charge in [0.05, 0.1) is 32.8 Å². The number of methoxy groups -OCH3 is 2. The van der Waals surface area contributed by atoms with E-state index in [2.05, 4.69) is 0 Å². The highest BCUT2D eigenvalue weighted by Crippen LogP contribution is 2.29. The molecule has 0 spiro atoms. The summed E-state index contributed by atoms with van der Waals surface area (Å²) in [6, 6.07) is 7.36. The summed E-state index contributed by atoms with van der Waals surface area (Å²) >= 11 is 0. The average Bonchev–Trinajstić information content (AvgIpc) is 2.92. The maximum absolute atomic E-state index is 10.0. The molecular weight excluding hydrogens is 232 g/mol. The summed E-state index contributed by atoms with van der Waals surface area (Å²) in [5, 5.41) is 10.0. The van der Waals surface area contributed by atoms with Crippen molar-refractivity contribution in [2.75, 3.05) is 14.2 Å². The van der Waals surface area contributed by atoms with Crippen LogP contribution in [-0.4, -0.2) is 19.3 Å². The number of benzene rings is 1. The van der Waals surface area contributed by atoms with Gasteiger partial charge in [0.15, 0.2) is 11.5 Å². The van der Waals surface area contributed by atoms with E-state index in [0.717, 1.165) is 11.1 Å². The minimum atomic E-state index is -0.582. The Hall–Kier alpha value is -1.94. The SMILES string of the molecule is COc1ccc(CC(O)c2ccoc2)cc1OC. The van der Waals surface area contributed by atoms with E-state index in [1.54, 1.807) is 32.8 Å². The number of rotatable bonds is 5. The standard InChI is InChI=1S/C14H16O4/c1-16-13-4-3-10(8-14(13)17-2)7-12(15)11-5-6-18-9-11/h3-6,8-9,12,15H,7H2,1-2H3. The molecule has 0 fully saturated rings. The lowest BCUT2D eigenvalue weighted by atomic mass is 10.0. The van der Waals surface area contributed by atoms with Crippen molar-refractivity contribution in [1.29, 1.82) is 0 Å². The molecule has 0 aliphatic rings. The van der Waals surface area contributed by atoms with Gasteiger partial charge in [0.2, 0.25) is 0 Å². The quantitative estimate of drug-likeness (QED) is 0.883. The van der Waals surface area contributed by atoms with Crippen molar-refractivity contribution >= 4 is 0 Å². The Balaban J connectivity index is 2.14. The number of aliphatic hydroxyl groups excluding tert-OH is 1. The van der Waals surface area contributed by atoms with Crippen LogP contribution in [0.15, 0.2) is 41.2 Å². The van der Waals surface area contributed by atoms with Crippen LogP contribution in [0.1, 0.15) is 17.2 Å². The highest BCUT2D eigenvalue weighted by molar-refractivity contribution is 5.43. The van der Waals surface area contributed by atoms with Crippen LogP contribution in [0, 0.1) is 0 Å². The Morgan fingerprint density at radius 3 is 2.56 bits per heavy atom. The minimum Gasteiger partial charge on any atom is -0.493 e. The molecule has 1 unspecified atom stereocenters. The van der Waals surface area contributed by atoms with E-state index in [9.17, 15) is 5.11 Å². The Kier molecular flexibility index (Phi) is 3.89. The zero-order valence-electron chi connectivity index (χ0n) is 10.4. The van der Waals surface area contributed by atoms with Gasteiger partial charge in [-0.05, 0) is 23.8 Å². The van der Waals surface area contributed by atoms with E-state index < -0.39 is 6.10 Å². The smallest absolute Gasteiger partial charge is 0.160 e. The zero-order valence-corrected chi connectivity index (χ0v) is 10.4. The maximum Gasteiger partial charge on any atom is 0.160 e. The summed E-state index contributed by atoms with van der Waals surface area (Å²) in [5.74, 6) is 1.34. The Labute approximate surface area is 106 Å². The van der Waals surface area contributed by atoms with Crippen LogP contribution in [0.4, 0.5) is 0 Å².